The van der Waals surface area contributed by atoms with Crippen molar-refractivity contribution in [2.75, 3.05) is 11.1 Å². The number of nitrogens with two attached hydrogens (primary N) is 1. The molecule has 16 heavy (non-hydrogen) atoms. The molecule has 0 saturated carbocycles. The molecule has 0 heterocycles. The van der Waals surface area contributed by atoms with E-state index in [-0.39, 0.29) is 0 Å². The van der Waals surface area contributed by atoms with Gasteiger partial charge in [0.15, 0.2) is 0 Å². The topological polar surface area (TPSA) is 38.0 Å². The van der Waals surface area contributed by atoms with E-state index in [2.05, 4.69) is 5.32 Å². The molecule has 90 valence electrons. The monoisotopic (exact) mass is 232 g/mol. The van der Waals surface area contributed by atoms with Crippen molar-refractivity contribution < 1.29 is 13.2 Å². The minimum Gasteiger partial charge on any atom is -0.399 e. The van der Waals surface area contributed by atoms with E-state index < -0.39 is 18.6 Å². The summed E-state index contributed by atoms with van der Waals surface area (Å²) in [5.41, 5.74) is 7.68. The third-order valence-corrected chi connectivity index (χ3v) is 2.05. The SMILES string of the molecule is Cc1cc(N)cc(NC(C)CC(F)(F)F)c1. The maximum atomic E-state index is 12.1. The lowest BCUT2D eigenvalue weighted by atomic mass is 10.1. The first kappa shape index (κ1) is 12.7. The van der Waals surface area contributed by atoms with Crippen molar-refractivity contribution in [1.82, 2.24) is 0 Å². The fraction of sp³-hybridized carbons (Fsp3) is 0.455. The van der Waals surface area contributed by atoms with Crippen LogP contribution < -0.4 is 11.1 Å². The summed E-state index contributed by atoms with van der Waals surface area (Å²) >= 11 is 0. The van der Waals surface area contributed by atoms with Crippen LogP contribution in [-0.2, 0) is 0 Å². The van der Waals surface area contributed by atoms with Crippen molar-refractivity contribution in [3.8, 4) is 0 Å². The molecule has 5 heteroatoms. The fourth-order valence-corrected chi connectivity index (χ4v) is 1.58. The fourth-order valence-electron chi connectivity index (χ4n) is 1.58. The Morgan fingerprint density at radius 1 is 1.31 bits per heavy atom. The first-order valence-electron chi connectivity index (χ1n) is 4.97. The third-order valence-electron chi connectivity index (χ3n) is 2.05. The summed E-state index contributed by atoms with van der Waals surface area (Å²) in [6.45, 7) is 3.34. The Morgan fingerprint density at radius 2 is 1.94 bits per heavy atom. The number of hydrogen-bond donors (Lipinski definition) is 2. The highest BCUT2D eigenvalue weighted by molar-refractivity contribution is 5.57. The predicted molar refractivity (Wildman–Crippen MR) is 59.3 cm³/mol. The van der Waals surface area contributed by atoms with Gasteiger partial charge in [-0.2, -0.15) is 13.2 Å². The average molecular weight is 232 g/mol. The summed E-state index contributed by atoms with van der Waals surface area (Å²) in [6.07, 6.45) is -5.01. The summed E-state index contributed by atoms with van der Waals surface area (Å²) < 4.78 is 36.3. The highest BCUT2D eigenvalue weighted by atomic mass is 19.4. The zero-order valence-corrected chi connectivity index (χ0v) is 9.23. The molecule has 1 aromatic carbocycles. The van der Waals surface area contributed by atoms with Gasteiger partial charge in [-0.05, 0) is 37.6 Å². The van der Waals surface area contributed by atoms with Crippen LogP contribution in [0, 0.1) is 6.92 Å². The molecule has 0 radical (unpaired) electrons. The number of aryl methyl sites for hydroxylation is 1. The maximum Gasteiger partial charge on any atom is 0.391 e. The lowest BCUT2D eigenvalue weighted by Crippen LogP contribution is -2.23. The van der Waals surface area contributed by atoms with Crippen LogP contribution in [0.1, 0.15) is 18.9 Å². The summed E-state index contributed by atoms with van der Waals surface area (Å²) in [6, 6.07) is 4.49. The number of rotatable bonds is 3. The Labute approximate surface area is 92.6 Å². The summed E-state index contributed by atoms with van der Waals surface area (Å²) in [5, 5.41) is 2.78. The van der Waals surface area contributed by atoms with Gasteiger partial charge in [0.05, 0.1) is 6.42 Å². The van der Waals surface area contributed by atoms with Gasteiger partial charge in [0.1, 0.15) is 0 Å². The summed E-state index contributed by atoms with van der Waals surface area (Å²) in [4.78, 5) is 0. The van der Waals surface area contributed by atoms with Crippen molar-refractivity contribution in [3.05, 3.63) is 23.8 Å². The van der Waals surface area contributed by atoms with Crippen LogP contribution in [-0.4, -0.2) is 12.2 Å². The van der Waals surface area contributed by atoms with Crippen molar-refractivity contribution in [3.63, 3.8) is 0 Å². The molecule has 0 aliphatic heterocycles. The molecule has 1 aromatic rings. The standard InChI is InChI=1S/C11H15F3N2/c1-7-3-9(15)5-10(4-7)16-8(2)6-11(12,13)14/h3-5,8,16H,6,15H2,1-2H3. The zero-order chi connectivity index (χ0) is 12.3. The molecule has 1 rings (SSSR count). The van der Waals surface area contributed by atoms with E-state index in [0.29, 0.717) is 11.4 Å². The number of alkyl halides is 3. The van der Waals surface area contributed by atoms with Gasteiger partial charge in [-0.15, -0.1) is 0 Å². The van der Waals surface area contributed by atoms with E-state index in [1.54, 1.807) is 18.2 Å². The average Bonchev–Trinajstić information content (AvgIpc) is 1.96. The molecule has 0 amide bonds. The summed E-state index contributed by atoms with van der Waals surface area (Å²) in [7, 11) is 0. The number of hydrogen-bond acceptors (Lipinski definition) is 2. The second-order valence-corrected chi connectivity index (χ2v) is 4.00. The number of nitrogen functional groups attached to an aromatic ring is 1. The second-order valence-electron chi connectivity index (χ2n) is 4.00. The predicted octanol–water partition coefficient (Wildman–Crippen LogP) is 3.33. The molecule has 0 aromatic heterocycles. The molecular formula is C11H15F3N2. The van der Waals surface area contributed by atoms with Gasteiger partial charge in [0.2, 0.25) is 0 Å². The molecular weight excluding hydrogens is 217 g/mol. The molecule has 0 fully saturated rings. The third kappa shape index (κ3) is 4.42. The molecule has 1 unspecified atom stereocenters. The van der Waals surface area contributed by atoms with Crippen molar-refractivity contribution in [2.24, 2.45) is 0 Å². The van der Waals surface area contributed by atoms with Crippen LogP contribution >= 0.6 is 0 Å². The Bertz CT molecular complexity index is 340. The van der Waals surface area contributed by atoms with E-state index in [1.807, 2.05) is 6.92 Å². The maximum absolute atomic E-state index is 12.1. The second kappa shape index (κ2) is 4.63. The van der Waals surface area contributed by atoms with Crippen molar-refractivity contribution >= 4 is 11.4 Å². The largest absolute Gasteiger partial charge is 0.399 e. The van der Waals surface area contributed by atoms with Crippen LogP contribution in [0.3, 0.4) is 0 Å². The van der Waals surface area contributed by atoms with E-state index in [9.17, 15) is 13.2 Å². The number of anilines is 2. The molecule has 0 aliphatic carbocycles. The molecule has 0 saturated heterocycles. The Morgan fingerprint density at radius 3 is 2.44 bits per heavy atom. The van der Waals surface area contributed by atoms with Crippen LogP contribution in [0.2, 0.25) is 0 Å². The zero-order valence-electron chi connectivity index (χ0n) is 9.23. The van der Waals surface area contributed by atoms with E-state index in [1.165, 1.54) is 6.92 Å². The quantitative estimate of drug-likeness (QED) is 0.784. The summed E-state index contributed by atoms with van der Waals surface area (Å²) in [5.74, 6) is 0. The van der Waals surface area contributed by atoms with Gasteiger partial charge in [-0.3, -0.25) is 0 Å². The minimum atomic E-state index is -4.15. The normalized spacial score (nSPS) is 13.6. The van der Waals surface area contributed by atoms with Gasteiger partial charge in [0, 0.05) is 17.4 Å². The smallest absolute Gasteiger partial charge is 0.391 e. The van der Waals surface area contributed by atoms with Crippen LogP contribution in [0.25, 0.3) is 0 Å². The first-order chi connectivity index (χ1) is 7.26. The number of halogens is 3. The molecule has 0 bridgehead atoms. The van der Waals surface area contributed by atoms with E-state index in [0.717, 1.165) is 5.56 Å². The van der Waals surface area contributed by atoms with Gasteiger partial charge in [-0.1, -0.05) is 0 Å². The van der Waals surface area contributed by atoms with E-state index in [4.69, 9.17) is 5.73 Å². The molecule has 0 spiro atoms. The highest BCUT2D eigenvalue weighted by Crippen LogP contribution is 2.24. The molecule has 3 N–H and O–H groups in total. The van der Waals surface area contributed by atoms with Gasteiger partial charge in [0.25, 0.3) is 0 Å². The van der Waals surface area contributed by atoms with Gasteiger partial charge < -0.3 is 11.1 Å². The Kier molecular flexibility index (Phi) is 3.67. The van der Waals surface area contributed by atoms with E-state index >= 15 is 0 Å². The Balaban J connectivity index is 2.66. The van der Waals surface area contributed by atoms with Gasteiger partial charge >= 0.3 is 6.18 Å². The van der Waals surface area contributed by atoms with Gasteiger partial charge in [-0.25, -0.2) is 0 Å². The lowest BCUT2D eigenvalue weighted by Gasteiger charge is -2.17. The number of benzene rings is 1. The van der Waals surface area contributed by atoms with Crippen LogP contribution in [0.5, 0.6) is 0 Å². The van der Waals surface area contributed by atoms with Crippen LogP contribution in [0.4, 0.5) is 24.5 Å². The molecule has 2 nitrogen and oxygen atoms in total. The minimum absolute atomic E-state index is 0.543. The lowest BCUT2D eigenvalue weighted by molar-refractivity contribution is -0.136. The molecule has 1 atom stereocenters. The first-order valence-corrected chi connectivity index (χ1v) is 4.97. The highest BCUT2D eigenvalue weighted by Gasteiger charge is 2.29. The number of nitrogens with one attached hydrogen (secondary N) is 1. The van der Waals surface area contributed by atoms with Crippen molar-refractivity contribution in [2.45, 2.75) is 32.5 Å². The Hall–Kier alpha value is -1.39. The molecule has 0 aliphatic rings. The van der Waals surface area contributed by atoms with Crippen molar-refractivity contribution in [1.29, 1.82) is 0 Å². The van der Waals surface area contributed by atoms with Crippen LogP contribution in [0.15, 0.2) is 18.2 Å².